The summed E-state index contributed by atoms with van der Waals surface area (Å²) in [5, 5.41) is 0. The lowest BCUT2D eigenvalue weighted by Gasteiger charge is -2.14. The Balaban J connectivity index is 1.62. The van der Waals surface area contributed by atoms with Crippen molar-refractivity contribution >= 4 is 33.6 Å². The predicted octanol–water partition coefficient (Wildman–Crippen LogP) is 2.71. The Hall–Kier alpha value is -0.950. The average molecular weight is 369 g/mol. The van der Waals surface area contributed by atoms with Gasteiger partial charge < -0.3 is 4.74 Å². The fourth-order valence-corrected chi connectivity index (χ4v) is 2.80. The number of likely N-dealkylation sites (tertiary alicyclic amines) is 1. The standard InChI is InChI=1S/C14H16IN3O/c15-11-3-4-12-13(9-11)16-10-14(17-12)19-8-7-18-5-1-2-6-18/h3-4,9-10H,1-2,5-8H2. The van der Waals surface area contributed by atoms with E-state index in [-0.39, 0.29) is 0 Å². The lowest BCUT2D eigenvalue weighted by molar-refractivity contribution is 0.232. The summed E-state index contributed by atoms with van der Waals surface area (Å²) in [5.74, 6) is 0.618. The minimum absolute atomic E-state index is 0.618. The topological polar surface area (TPSA) is 38.2 Å². The molecule has 0 spiro atoms. The van der Waals surface area contributed by atoms with Crippen LogP contribution in [-0.2, 0) is 0 Å². The molecule has 0 amide bonds. The van der Waals surface area contributed by atoms with Crippen molar-refractivity contribution in [2.24, 2.45) is 0 Å². The van der Waals surface area contributed by atoms with Crippen LogP contribution in [0.15, 0.2) is 24.4 Å². The van der Waals surface area contributed by atoms with Crippen molar-refractivity contribution in [3.05, 3.63) is 28.0 Å². The second kappa shape index (κ2) is 6.00. The highest BCUT2D eigenvalue weighted by atomic mass is 127. The van der Waals surface area contributed by atoms with Crippen LogP contribution in [0.5, 0.6) is 5.88 Å². The van der Waals surface area contributed by atoms with Gasteiger partial charge in [0.05, 0.1) is 17.2 Å². The molecule has 0 saturated carbocycles. The summed E-state index contributed by atoms with van der Waals surface area (Å²) >= 11 is 2.28. The van der Waals surface area contributed by atoms with Crippen LogP contribution >= 0.6 is 22.6 Å². The van der Waals surface area contributed by atoms with E-state index in [0.29, 0.717) is 12.5 Å². The maximum Gasteiger partial charge on any atom is 0.232 e. The van der Waals surface area contributed by atoms with E-state index in [4.69, 9.17) is 4.74 Å². The zero-order valence-corrected chi connectivity index (χ0v) is 12.8. The molecule has 1 aliphatic rings. The summed E-state index contributed by atoms with van der Waals surface area (Å²) in [4.78, 5) is 11.3. The highest BCUT2D eigenvalue weighted by Gasteiger charge is 2.11. The number of nitrogens with zero attached hydrogens (tertiary/aromatic N) is 3. The molecule has 2 aromatic rings. The lowest BCUT2D eigenvalue weighted by Crippen LogP contribution is -2.25. The molecule has 1 aliphatic heterocycles. The Labute approximate surface area is 126 Å². The fraction of sp³-hybridized carbons (Fsp3) is 0.429. The smallest absolute Gasteiger partial charge is 0.232 e. The molecule has 1 aromatic heterocycles. The Bertz CT molecular complexity index is 570. The molecule has 1 aromatic carbocycles. The van der Waals surface area contributed by atoms with Gasteiger partial charge in [-0.15, -0.1) is 0 Å². The van der Waals surface area contributed by atoms with E-state index >= 15 is 0 Å². The van der Waals surface area contributed by atoms with E-state index in [0.717, 1.165) is 17.6 Å². The number of rotatable bonds is 4. The lowest BCUT2D eigenvalue weighted by atomic mass is 10.3. The van der Waals surface area contributed by atoms with Gasteiger partial charge in [-0.05, 0) is 66.7 Å². The first-order chi connectivity index (χ1) is 9.31. The number of hydrogen-bond donors (Lipinski definition) is 0. The van der Waals surface area contributed by atoms with E-state index in [2.05, 4.69) is 37.5 Å². The van der Waals surface area contributed by atoms with Crippen molar-refractivity contribution in [3.63, 3.8) is 0 Å². The van der Waals surface area contributed by atoms with E-state index in [1.165, 1.54) is 29.5 Å². The third kappa shape index (κ3) is 3.33. The highest BCUT2D eigenvalue weighted by Crippen LogP contribution is 2.16. The molecule has 0 bridgehead atoms. The van der Waals surface area contributed by atoms with Crippen molar-refractivity contribution < 1.29 is 4.74 Å². The van der Waals surface area contributed by atoms with E-state index < -0.39 is 0 Å². The summed E-state index contributed by atoms with van der Waals surface area (Å²) in [7, 11) is 0. The summed E-state index contributed by atoms with van der Waals surface area (Å²) in [5.41, 5.74) is 1.80. The summed E-state index contributed by atoms with van der Waals surface area (Å²) in [6.07, 6.45) is 4.34. The molecular weight excluding hydrogens is 353 g/mol. The molecule has 0 unspecified atom stereocenters. The molecule has 0 aliphatic carbocycles. The molecule has 4 nitrogen and oxygen atoms in total. The van der Waals surface area contributed by atoms with Crippen molar-refractivity contribution in [1.82, 2.24) is 14.9 Å². The number of benzene rings is 1. The number of fused-ring (bicyclic) bond motifs is 1. The normalized spacial score (nSPS) is 16.1. The molecule has 19 heavy (non-hydrogen) atoms. The number of halogens is 1. The predicted molar refractivity (Wildman–Crippen MR) is 83.4 cm³/mol. The van der Waals surface area contributed by atoms with Crippen molar-refractivity contribution in [1.29, 1.82) is 0 Å². The van der Waals surface area contributed by atoms with E-state index in [1.807, 2.05) is 18.2 Å². The Morgan fingerprint density at radius 3 is 2.89 bits per heavy atom. The first-order valence-corrected chi connectivity index (χ1v) is 7.66. The minimum atomic E-state index is 0.618. The van der Waals surface area contributed by atoms with Crippen LogP contribution in [0.1, 0.15) is 12.8 Å². The van der Waals surface area contributed by atoms with Crippen LogP contribution in [0.25, 0.3) is 11.0 Å². The van der Waals surface area contributed by atoms with Gasteiger partial charge in [0.2, 0.25) is 5.88 Å². The summed E-state index contributed by atoms with van der Waals surface area (Å²) in [6.45, 7) is 4.06. The number of aromatic nitrogens is 2. The van der Waals surface area contributed by atoms with Gasteiger partial charge in [0.1, 0.15) is 6.61 Å². The van der Waals surface area contributed by atoms with Crippen LogP contribution in [0.4, 0.5) is 0 Å². The molecule has 1 saturated heterocycles. The molecule has 0 atom stereocenters. The maximum absolute atomic E-state index is 5.69. The van der Waals surface area contributed by atoms with Crippen molar-refractivity contribution in [3.8, 4) is 5.88 Å². The average Bonchev–Trinajstić information content (AvgIpc) is 2.92. The molecule has 5 heteroatoms. The van der Waals surface area contributed by atoms with Gasteiger partial charge >= 0.3 is 0 Å². The molecule has 0 radical (unpaired) electrons. The van der Waals surface area contributed by atoms with Crippen LogP contribution in [0, 0.1) is 3.57 Å². The van der Waals surface area contributed by atoms with Gasteiger partial charge in [0.15, 0.2) is 0 Å². The van der Waals surface area contributed by atoms with Gasteiger partial charge in [0, 0.05) is 10.1 Å². The largest absolute Gasteiger partial charge is 0.475 e. The van der Waals surface area contributed by atoms with Crippen LogP contribution in [-0.4, -0.2) is 41.1 Å². The van der Waals surface area contributed by atoms with E-state index in [1.54, 1.807) is 6.20 Å². The zero-order chi connectivity index (χ0) is 13.1. The number of ether oxygens (including phenoxy) is 1. The van der Waals surface area contributed by atoms with Crippen LogP contribution in [0.2, 0.25) is 0 Å². The SMILES string of the molecule is Ic1ccc2nc(OCCN3CCCC3)cnc2c1. The molecule has 2 heterocycles. The van der Waals surface area contributed by atoms with Crippen molar-refractivity contribution in [2.45, 2.75) is 12.8 Å². The Morgan fingerprint density at radius 1 is 1.21 bits per heavy atom. The van der Waals surface area contributed by atoms with Gasteiger partial charge in [0.25, 0.3) is 0 Å². The third-order valence-electron chi connectivity index (χ3n) is 3.34. The summed E-state index contributed by atoms with van der Waals surface area (Å²) in [6, 6.07) is 6.04. The third-order valence-corrected chi connectivity index (χ3v) is 4.01. The van der Waals surface area contributed by atoms with Crippen molar-refractivity contribution in [2.75, 3.05) is 26.2 Å². The molecule has 3 rings (SSSR count). The van der Waals surface area contributed by atoms with E-state index in [9.17, 15) is 0 Å². The monoisotopic (exact) mass is 369 g/mol. The van der Waals surface area contributed by atoms with Gasteiger partial charge in [-0.1, -0.05) is 0 Å². The first-order valence-electron chi connectivity index (χ1n) is 6.59. The Morgan fingerprint density at radius 2 is 2.05 bits per heavy atom. The summed E-state index contributed by atoms with van der Waals surface area (Å²) < 4.78 is 6.86. The Kier molecular flexibility index (Phi) is 4.12. The molecule has 1 fully saturated rings. The van der Waals surface area contributed by atoms with Crippen LogP contribution < -0.4 is 4.74 Å². The van der Waals surface area contributed by atoms with Gasteiger partial charge in [-0.3, -0.25) is 4.90 Å². The molecule has 0 N–H and O–H groups in total. The number of hydrogen-bond acceptors (Lipinski definition) is 4. The molecule has 100 valence electrons. The maximum atomic E-state index is 5.69. The van der Waals surface area contributed by atoms with Crippen LogP contribution in [0.3, 0.4) is 0 Å². The highest BCUT2D eigenvalue weighted by molar-refractivity contribution is 14.1. The van der Waals surface area contributed by atoms with Gasteiger partial charge in [-0.2, -0.15) is 0 Å². The zero-order valence-electron chi connectivity index (χ0n) is 10.7. The molecular formula is C14H16IN3O. The fourth-order valence-electron chi connectivity index (χ4n) is 2.32. The second-order valence-electron chi connectivity index (χ2n) is 4.74. The quantitative estimate of drug-likeness (QED) is 0.777. The second-order valence-corrected chi connectivity index (χ2v) is 5.98. The first kappa shape index (κ1) is 13.1. The van der Waals surface area contributed by atoms with Gasteiger partial charge in [-0.25, -0.2) is 9.97 Å². The minimum Gasteiger partial charge on any atom is -0.475 e.